The fourth-order valence-corrected chi connectivity index (χ4v) is 5.61. The van der Waals surface area contributed by atoms with E-state index >= 15 is 0 Å². The van der Waals surface area contributed by atoms with Crippen molar-refractivity contribution >= 4 is 43.1 Å². The van der Waals surface area contributed by atoms with E-state index in [1.165, 1.54) is 57.5 Å². The van der Waals surface area contributed by atoms with E-state index in [4.69, 9.17) is 4.98 Å². The summed E-state index contributed by atoms with van der Waals surface area (Å²) in [5, 5.41) is 6.59. The van der Waals surface area contributed by atoms with Crippen molar-refractivity contribution in [2.24, 2.45) is 0 Å². The van der Waals surface area contributed by atoms with Gasteiger partial charge in [-0.2, -0.15) is 0 Å². The number of aryl methyl sites for hydroxylation is 2. The minimum atomic E-state index is 1.09. The molecule has 0 atom stereocenters. The molecule has 0 radical (unpaired) electrons. The lowest BCUT2D eigenvalue weighted by atomic mass is 9.86. The third-order valence-electron chi connectivity index (χ3n) is 5.91. The zero-order valence-corrected chi connectivity index (χ0v) is 15.9. The minimum absolute atomic E-state index is 1.09. The normalized spacial score (nSPS) is 14.1. The standard InChI is InChI=1S/C25H19NS/c1-2-7-17-16(6-1)12-13-20-18-8-5-9-22(21(18)15-14-19(17)20)25-26-23-10-3-4-11-24(23)27-25/h3-5,8-15H,1-2,6-7H2. The molecule has 0 saturated heterocycles. The van der Waals surface area contributed by atoms with Crippen LogP contribution in [0, 0.1) is 0 Å². The summed E-state index contributed by atoms with van der Waals surface area (Å²) in [7, 11) is 0. The molecule has 0 bridgehead atoms. The summed E-state index contributed by atoms with van der Waals surface area (Å²) in [5.41, 5.74) is 5.46. The molecule has 0 N–H and O–H groups in total. The van der Waals surface area contributed by atoms with Crippen molar-refractivity contribution < 1.29 is 0 Å². The number of para-hydroxylation sites is 1. The molecular formula is C25H19NS. The summed E-state index contributed by atoms with van der Waals surface area (Å²) in [6.07, 6.45) is 5.09. The summed E-state index contributed by atoms with van der Waals surface area (Å²) < 4.78 is 1.25. The summed E-state index contributed by atoms with van der Waals surface area (Å²) in [6.45, 7) is 0. The minimum Gasteiger partial charge on any atom is -0.236 e. The van der Waals surface area contributed by atoms with Gasteiger partial charge in [-0.3, -0.25) is 0 Å². The molecule has 0 saturated carbocycles. The van der Waals surface area contributed by atoms with Crippen LogP contribution in [0.15, 0.2) is 66.7 Å². The Balaban J connectivity index is 1.64. The quantitative estimate of drug-likeness (QED) is 0.287. The van der Waals surface area contributed by atoms with Crippen LogP contribution < -0.4 is 0 Å². The Labute approximate surface area is 162 Å². The molecule has 2 heteroatoms. The lowest BCUT2D eigenvalue weighted by Crippen LogP contribution is -2.03. The second kappa shape index (κ2) is 5.90. The van der Waals surface area contributed by atoms with Gasteiger partial charge in [-0.25, -0.2) is 4.98 Å². The second-order valence-electron chi connectivity index (χ2n) is 7.46. The van der Waals surface area contributed by atoms with Crippen LogP contribution in [0.5, 0.6) is 0 Å². The highest BCUT2D eigenvalue weighted by Gasteiger charge is 2.15. The molecule has 5 aromatic rings. The molecule has 1 heterocycles. The zero-order chi connectivity index (χ0) is 17.8. The van der Waals surface area contributed by atoms with Crippen LogP contribution in [0.2, 0.25) is 0 Å². The first-order valence-corrected chi connectivity index (χ1v) is 10.5. The highest BCUT2D eigenvalue weighted by Crippen LogP contribution is 2.38. The van der Waals surface area contributed by atoms with E-state index in [1.54, 1.807) is 22.5 Å². The monoisotopic (exact) mass is 365 g/mol. The zero-order valence-electron chi connectivity index (χ0n) is 15.0. The van der Waals surface area contributed by atoms with Crippen LogP contribution in [0.3, 0.4) is 0 Å². The highest BCUT2D eigenvalue weighted by molar-refractivity contribution is 7.21. The first-order chi connectivity index (χ1) is 13.4. The van der Waals surface area contributed by atoms with Crippen molar-refractivity contribution in [3.05, 3.63) is 77.9 Å². The van der Waals surface area contributed by atoms with Gasteiger partial charge in [0.15, 0.2) is 0 Å². The molecule has 1 aliphatic rings. The predicted molar refractivity (Wildman–Crippen MR) is 117 cm³/mol. The van der Waals surface area contributed by atoms with Gasteiger partial charge in [0.05, 0.1) is 10.2 Å². The van der Waals surface area contributed by atoms with E-state index < -0.39 is 0 Å². The third kappa shape index (κ3) is 2.33. The molecule has 0 unspecified atom stereocenters. The van der Waals surface area contributed by atoms with E-state index in [0.29, 0.717) is 0 Å². The van der Waals surface area contributed by atoms with Gasteiger partial charge < -0.3 is 0 Å². The lowest BCUT2D eigenvalue weighted by molar-refractivity contribution is 0.690. The number of aromatic nitrogens is 1. The van der Waals surface area contributed by atoms with E-state index in [0.717, 1.165) is 10.5 Å². The summed E-state index contributed by atoms with van der Waals surface area (Å²) in [4.78, 5) is 4.90. The highest BCUT2D eigenvalue weighted by atomic mass is 32.1. The van der Waals surface area contributed by atoms with Gasteiger partial charge in [-0.05, 0) is 70.5 Å². The van der Waals surface area contributed by atoms with Gasteiger partial charge >= 0.3 is 0 Å². The Morgan fingerprint density at radius 2 is 1.48 bits per heavy atom. The average molecular weight is 366 g/mol. The second-order valence-corrected chi connectivity index (χ2v) is 8.49. The van der Waals surface area contributed by atoms with Gasteiger partial charge in [0.2, 0.25) is 0 Å². The van der Waals surface area contributed by atoms with Crippen LogP contribution in [-0.2, 0) is 12.8 Å². The maximum Gasteiger partial charge on any atom is 0.125 e. The first-order valence-electron chi connectivity index (χ1n) is 9.71. The predicted octanol–water partition coefficient (Wildman–Crippen LogP) is 7.15. The van der Waals surface area contributed by atoms with E-state index in [9.17, 15) is 0 Å². The van der Waals surface area contributed by atoms with Gasteiger partial charge in [-0.1, -0.05) is 54.6 Å². The van der Waals surface area contributed by atoms with Crippen LogP contribution in [0.1, 0.15) is 24.0 Å². The topological polar surface area (TPSA) is 12.9 Å². The Morgan fingerprint density at radius 1 is 0.667 bits per heavy atom. The number of hydrogen-bond donors (Lipinski definition) is 0. The Morgan fingerprint density at radius 3 is 2.44 bits per heavy atom. The van der Waals surface area contributed by atoms with Crippen molar-refractivity contribution in [1.82, 2.24) is 4.98 Å². The van der Waals surface area contributed by atoms with Gasteiger partial charge in [0.25, 0.3) is 0 Å². The van der Waals surface area contributed by atoms with Crippen molar-refractivity contribution in [3.8, 4) is 10.6 Å². The molecule has 0 amide bonds. The van der Waals surface area contributed by atoms with Crippen LogP contribution >= 0.6 is 11.3 Å². The van der Waals surface area contributed by atoms with Crippen LogP contribution in [-0.4, -0.2) is 4.98 Å². The Kier molecular flexibility index (Phi) is 3.36. The molecule has 0 fully saturated rings. The van der Waals surface area contributed by atoms with E-state index in [-0.39, 0.29) is 0 Å². The molecule has 0 spiro atoms. The number of fused-ring (bicyclic) bond motifs is 6. The SMILES string of the molecule is c1ccc2sc(-c3cccc4c3ccc3c5c(ccc34)CCCC5)nc2c1. The molecular weight excluding hydrogens is 346 g/mol. The number of thiazole rings is 1. The summed E-state index contributed by atoms with van der Waals surface area (Å²) >= 11 is 1.78. The van der Waals surface area contributed by atoms with Crippen molar-refractivity contribution in [2.75, 3.05) is 0 Å². The van der Waals surface area contributed by atoms with E-state index in [1.807, 2.05) is 0 Å². The van der Waals surface area contributed by atoms with Crippen molar-refractivity contribution in [2.45, 2.75) is 25.7 Å². The number of rotatable bonds is 1. The number of benzene rings is 4. The van der Waals surface area contributed by atoms with Crippen LogP contribution in [0.4, 0.5) is 0 Å². The first kappa shape index (κ1) is 15.4. The molecule has 1 aliphatic carbocycles. The van der Waals surface area contributed by atoms with Crippen molar-refractivity contribution in [3.63, 3.8) is 0 Å². The maximum absolute atomic E-state index is 4.90. The number of hydrogen-bond acceptors (Lipinski definition) is 2. The van der Waals surface area contributed by atoms with E-state index in [2.05, 4.69) is 66.7 Å². The third-order valence-corrected chi connectivity index (χ3v) is 6.98. The molecule has 1 nitrogen and oxygen atoms in total. The summed E-state index contributed by atoms with van der Waals surface area (Å²) in [5.74, 6) is 0. The molecule has 6 rings (SSSR count). The molecule has 0 aliphatic heterocycles. The maximum atomic E-state index is 4.90. The Bertz CT molecular complexity index is 1300. The largest absolute Gasteiger partial charge is 0.236 e. The molecule has 4 aromatic carbocycles. The van der Waals surface area contributed by atoms with Gasteiger partial charge in [0, 0.05) is 5.56 Å². The smallest absolute Gasteiger partial charge is 0.125 e. The molecule has 27 heavy (non-hydrogen) atoms. The van der Waals surface area contributed by atoms with Gasteiger partial charge in [0.1, 0.15) is 5.01 Å². The fourth-order valence-electron chi connectivity index (χ4n) is 4.60. The summed E-state index contributed by atoms with van der Waals surface area (Å²) in [6, 6.07) is 24.4. The lowest BCUT2D eigenvalue weighted by Gasteiger charge is -2.19. The van der Waals surface area contributed by atoms with Crippen LogP contribution in [0.25, 0.3) is 42.3 Å². The Hall–Kier alpha value is -2.71. The average Bonchev–Trinajstić information content (AvgIpc) is 3.17. The van der Waals surface area contributed by atoms with Gasteiger partial charge in [-0.15, -0.1) is 11.3 Å². The number of nitrogens with zero attached hydrogens (tertiary/aromatic N) is 1. The molecule has 1 aromatic heterocycles. The molecule has 130 valence electrons. The van der Waals surface area contributed by atoms with Crippen molar-refractivity contribution in [1.29, 1.82) is 0 Å². The fraction of sp³-hybridized carbons (Fsp3) is 0.160.